The fraction of sp³-hybridized carbons (Fsp3) is 0.318. The number of carbonyl (C=O) groups is 1. The highest BCUT2D eigenvalue weighted by Crippen LogP contribution is 2.32. The van der Waals surface area contributed by atoms with Crippen molar-refractivity contribution < 1.29 is 9.18 Å². The van der Waals surface area contributed by atoms with Crippen molar-refractivity contribution in [1.82, 2.24) is 19.7 Å². The van der Waals surface area contributed by atoms with Crippen LogP contribution in [0.15, 0.2) is 60.9 Å². The van der Waals surface area contributed by atoms with Crippen molar-refractivity contribution in [1.29, 1.82) is 0 Å². The highest BCUT2D eigenvalue weighted by molar-refractivity contribution is 5.95. The minimum atomic E-state index is -0.401. The van der Waals surface area contributed by atoms with Gasteiger partial charge in [-0.05, 0) is 55.8 Å². The fourth-order valence-electron chi connectivity index (χ4n) is 3.98. The number of nitrogens with zero attached hydrogens (tertiary/aromatic N) is 4. The second-order valence-corrected chi connectivity index (χ2v) is 7.42. The van der Waals surface area contributed by atoms with E-state index in [1.54, 1.807) is 18.5 Å². The van der Waals surface area contributed by atoms with Gasteiger partial charge in [0.15, 0.2) is 0 Å². The summed E-state index contributed by atoms with van der Waals surface area (Å²) >= 11 is 0. The van der Waals surface area contributed by atoms with Gasteiger partial charge in [-0.25, -0.2) is 4.39 Å². The zero-order chi connectivity index (χ0) is 20.2. The number of rotatable bonds is 5. The number of likely N-dealkylation sites (tertiary alicyclic amines) is 1. The van der Waals surface area contributed by atoms with Crippen molar-refractivity contribution in [3.8, 4) is 0 Å². The summed E-state index contributed by atoms with van der Waals surface area (Å²) in [4.78, 5) is 15.4. The first-order valence-electron chi connectivity index (χ1n) is 9.81. The van der Waals surface area contributed by atoms with Crippen LogP contribution in [0.2, 0.25) is 0 Å². The third-order valence-electron chi connectivity index (χ3n) is 5.48. The molecule has 2 aromatic carbocycles. The molecule has 0 bridgehead atoms. The number of piperidine rings is 1. The molecule has 0 spiro atoms. The molecule has 2 heterocycles. The van der Waals surface area contributed by atoms with E-state index in [4.69, 9.17) is 0 Å². The first kappa shape index (κ1) is 19.3. The van der Waals surface area contributed by atoms with Crippen molar-refractivity contribution in [3.05, 3.63) is 78.1 Å². The summed E-state index contributed by atoms with van der Waals surface area (Å²) in [6.45, 7) is 1.57. The van der Waals surface area contributed by atoms with Crippen LogP contribution in [-0.2, 0) is 11.8 Å². The topological polar surface area (TPSA) is 63.1 Å². The number of benzene rings is 2. The lowest BCUT2D eigenvalue weighted by atomic mass is 9.93. The quantitative estimate of drug-likeness (QED) is 0.721. The standard InChI is InChI=1S/C22H24FN5O/c1-27-15-24-26-21(27)17-11-13-28(14-12-17)20(16-5-3-2-4-6-16)22(29)25-19-9-7-18(23)8-10-19/h2-10,15,17,20H,11-14H2,1H3,(H,25,29)/t20-/m1/s1. The van der Waals surface area contributed by atoms with Gasteiger partial charge in [0.05, 0.1) is 0 Å². The zero-order valence-electron chi connectivity index (χ0n) is 16.3. The predicted octanol–water partition coefficient (Wildman–Crippen LogP) is 3.51. The lowest BCUT2D eigenvalue weighted by Gasteiger charge is -2.36. The summed E-state index contributed by atoms with van der Waals surface area (Å²) in [6, 6.07) is 15.2. The third-order valence-corrected chi connectivity index (χ3v) is 5.48. The molecule has 0 unspecified atom stereocenters. The highest BCUT2D eigenvalue weighted by Gasteiger charge is 2.32. The van der Waals surface area contributed by atoms with E-state index in [0.29, 0.717) is 11.6 Å². The van der Waals surface area contributed by atoms with Gasteiger partial charge in [0.2, 0.25) is 5.91 Å². The van der Waals surface area contributed by atoms with Gasteiger partial charge in [0, 0.05) is 18.7 Å². The Bertz CT molecular complexity index is 949. The van der Waals surface area contributed by atoms with E-state index in [1.165, 1.54) is 12.1 Å². The highest BCUT2D eigenvalue weighted by atomic mass is 19.1. The minimum absolute atomic E-state index is 0.111. The molecule has 0 saturated carbocycles. The van der Waals surface area contributed by atoms with Gasteiger partial charge in [-0.2, -0.15) is 0 Å². The lowest BCUT2D eigenvalue weighted by Crippen LogP contribution is -2.42. The Morgan fingerprint density at radius 1 is 1.10 bits per heavy atom. The Balaban J connectivity index is 1.51. The van der Waals surface area contributed by atoms with Crippen LogP contribution < -0.4 is 5.32 Å². The Morgan fingerprint density at radius 2 is 1.79 bits per heavy atom. The number of aryl methyl sites for hydroxylation is 1. The van der Waals surface area contributed by atoms with Gasteiger partial charge in [-0.15, -0.1) is 10.2 Å². The molecule has 1 aliphatic rings. The van der Waals surface area contributed by atoms with E-state index in [9.17, 15) is 9.18 Å². The second kappa shape index (κ2) is 8.53. The van der Waals surface area contributed by atoms with Crippen LogP contribution in [0.4, 0.5) is 10.1 Å². The van der Waals surface area contributed by atoms with Crippen LogP contribution in [-0.4, -0.2) is 38.7 Å². The van der Waals surface area contributed by atoms with Crippen LogP contribution >= 0.6 is 0 Å². The SMILES string of the molecule is Cn1cnnc1C1CCN([C@@H](C(=O)Nc2ccc(F)cc2)c2ccccc2)CC1. The van der Waals surface area contributed by atoms with E-state index in [2.05, 4.69) is 20.4 Å². The number of hydrogen-bond acceptors (Lipinski definition) is 4. The van der Waals surface area contributed by atoms with Crippen LogP contribution in [0.1, 0.15) is 36.2 Å². The van der Waals surface area contributed by atoms with Gasteiger partial charge in [0.25, 0.3) is 0 Å². The number of anilines is 1. The van der Waals surface area contributed by atoms with E-state index < -0.39 is 6.04 Å². The second-order valence-electron chi connectivity index (χ2n) is 7.42. The summed E-state index contributed by atoms with van der Waals surface area (Å²) in [5.41, 5.74) is 1.54. The molecule has 1 fully saturated rings. The molecular weight excluding hydrogens is 369 g/mol. The normalized spacial score (nSPS) is 16.5. The summed E-state index contributed by atoms with van der Waals surface area (Å²) in [6.07, 6.45) is 3.56. The first-order chi connectivity index (χ1) is 14.1. The molecule has 4 rings (SSSR count). The number of aromatic nitrogens is 3. The summed E-state index contributed by atoms with van der Waals surface area (Å²) in [7, 11) is 1.96. The maximum absolute atomic E-state index is 13.2. The van der Waals surface area contributed by atoms with E-state index in [0.717, 1.165) is 37.3 Å². The maximum Gasteiger partial charge on any atom is 0.246 e. The van der Waals surface area contributed by atoms with Gasteiger partial charge in [-0.3, -0.25) is 9.69 Å². The third kappa shape index (κ3) is 4.35. The van der Waals surface area contributed by atoms with Crippen molar-refractivity contribution in [2.45, 2.75) is 24.8 Å². The molecule has 29 heavy (non-hydrogen) atoms. The van der Waals surface area contributed by atoms with Crippen molar-refractivity contribution in [2.24, 2.45) is 7.05 Å². The minimum Gasteiger partial charge on any atom is -0.324 e. The van der Waals surface area contributed by atoms with Crippen molar-refractivity contribution >= 4 is 11.6 Å². The monoisotopic (exact) mass is 393 g/mol. The lowest BCUT2D eigenvalue weighted by molar-refractivity contribution is -0.122. The number of halogens is 1. The van der Waals surface area contributed by atoms with E-state index in [1.807, 2.05) is 41.9 Å². The van der Waals surface area contributed by atoms with Crippen LogP contribution in [0.5, 0.6) is 0 Å². The molecule has 1 amide bonds. The summed E-state index contributed by atoms with van der Waals surface area (Å²) in [5.74, 6) is 0.903. The Morgan fingerprint density at radius 3 is 2.41 bits per heavy atom. The van der Waals surface area contributed by atoms with Crippen LogP contribution in [0, 0.1) is 5.82 Å². The van der Waals surface area contributed by atoms with E-state index in [-0.39, 0.29) is 11.7 Å². The molecule has 1 aliphatic heterocycles. The molecule has 6 nitrogen and oxygen atoms in total. The van der Waals surface area contributed by atoms with Gasteiger partial charge in [-0.1, -0.05) is 30.3 Å². The average Bonchev–Trinajstić information content (AvgIpc) is 3.17. The van der Waals surface area contributed by atoms with Crippen molar-refractivity contribution in [2.75, 3.05) is 18.4 Å². The molecule has 1 saturated heterocycles. The molecule has 150 valence electrons. The fourth-order valence-corrected chi connectivity index (χ4v) is 3.98. The average molecular weight is 393 g/mol. The number of nitrogens with one attached hydrogen (secondary N) is 1. The van der Waals surface area contributed by atoms with Gasteiger partial charge in [0.1, 0.15) is 24.0 Å². The molecule has 0 radical (unpaired) electrons. The van der Waals surface area contributed by atoms with Crippen molar-refractivity contribution in [3.63, 3.8) is 0 Å². The number of carbonyl (C=O) groups excluding carboxylic acids is 1. The Labute approximate surface area is 169 Å². The summed E-state index contributed by atoms with van der Waals surface area (Å²) in [5, 5.41) is 11.2. The smallest absolute Gasteiger partial charge is 0.246 e. The van der Waals surface area contributed by atoms with E-state index >= 15 is 0 Å². The van der Waals surface area contributed by atoms with Crippen LogP contribution in [0.25, 0.3) is 0 Å². The Kier molecular flexibility index (Phi) is 5.67. The maximum atomic E-state index is 13.2. The molecule has 1 aromatic heterocycles. The molecule has 1 atom stereocenters. The number of amides is 1. The van der Waals surface area contributed by atoms with Crippen LogP contribution in [0.3, 0.4) is 0 Å². The predicted molar refractivity (Wildman–Crippen MR) is 109 cm³/mol. The number of hydrogen-bond donors (Lipinski definition) is 1. The molecular formula is C22H24FN5O. The zero-order valence-corrected chi connectivity index (χ0v) is 16.3. The first-order valence-corrected chi connectivity index (χ1v) is 9.81. The molecule has 7 heteroatoms. The molecule has 0 aliphatic carbocycles. The van der Waals surface area contributed by atoms with Gasteiger partial charge < -0.3 is 9.88 Å². The molecule has 3 aromatic rings. The molecule has 1 N–H and O–H groups in total. The Hall–Kier alpha value is -3.06. The van der Waals surface area contributed by atoms with Gasteiger partial charge >= 0.3 is 0 Å². The summed E-state index contributed by atoms with van der Waals surface area (Å²) < 4.78 is 15.2. The largest absolute Gasteiger partial charge is 0.324 e.